The summed E-state index contributed by atoms with van der Waals surface area (Å²) < 4.78 is 11.0. The fourth-order valence-electron chi connectivity index (χ4n) is 2.16. The van der Waals surface area contributed by atoms with E-state index < -0.39 is 0 Å². The zero-order valence-electron chi connectivity index (χ0n) is 10.7. The predicted octanol–water partition coefficient (Wildman–Crippen LogP) is 1.09. The van der Waals surface area contributed by atoms with E-state index >= 15 is 0 Å². The second-order valence-corrected chi connectivity index (χ2v) is 4.39. The molecule has 16 heavy (non-hydrogen) atoms. The Balaban J connectivity index is 2.30. The number of hydrogen-bond acceptors (Lipinski definition) is 4. The van der Waals surface area contributed by atoms with Gasteiger partial charge in [-0.15, -0.1) is 0 Å². The second kappa shape index (κ2) is 7.22. The summed E-state index contributed by atoms with van der Waals surface area (Å²) in [6.07, 6.45) is 0.744. The van der Waals surface area contributed by atoms with E-state index in [1.165, 1.54) is 0 Å². The molecular formula is C12H25NO3. The summed E-state index contributed by atoms with van der Waals surface area (Å²) in [6, 6.07) is 0. The number of rotatable bonds is 7. The minimum atomic E-state index is -0.206. The van der Waals surface area contributed by atoms with Gasteiger partial charge in [-0.2, -0.15) is 0 Å². The van der Waals surface area contributed by atoms with E-state index in [1.54, 1.807) is 0 Å². The maximum atomic E-state index is 9.52. The lowest BCUT2D eigenvalue weighted by Crippen LogP contribution is -2.35. The Morgan fingerprint density at radius 3 is 2.38 bits per heavy atom. The maximum absolute atomic E-state index is 9.52. The highest BCUT2D eigenvalue weighted by molar-refractivity contribution is 4.79. The van der Waals surface area contributed by atoms with Crippen molar-refractivity contribution in [3.63, 3.8) is 0 Å². The number of hydrogen-bond donors (Lipinski definition) is 1. The van der Waals surface area contributed by atoms with Crippen molar-refractivity contribution in [2.75, 3.05) is 32.8 Å². The molecule has 4 heteroatoms. The van der Waals surface area contributed by atoms with Crippen LogP contribution in [0.15, 0.2) is 0 Å². The molecule has 1 aliphatic heterocycles. The Bertz CT molecular complexity index is 181. The van der Waals surface area contributed by atoms with Gasteiger partial charge < -0.3 is 14.6 Å². The maximum Gasteiger partial charge on any atom is 0.170 e. The van der Waals surface area contributed by atoms with Crippen molar-refractivity contribution in [1.82, 2.24) is 4.90 Å². The van der Waals surface area contributed by atoms with Crippen molar-refractivity contribution < 1.29 is 14.6 Å². The van der Waals surface area contributed by atoms with E-state index in [9.17, 15) is 5.11 Å². The van der Waals surface area contributed by atoms with Gasteiger partial charge in [-0.1, -0.05) is 0 Å². The Morgan fingerprint density at radius 1 is 1.31 bits per heavy atom. The van der Waals surface area contributed by atoms with Gasteiger partial charge in [0.25, 0.3) is 0 Å². The molecule has 2 atom stereocenters. The molecule has 4 nitrogen and oxygen atoms in total. The van der Waals surface area contributed by atoms with Gasteiger partial charge in [-0.3, -0.25) is 4.90 Å². The van der Waals surface area contributed by atoms with Crippen molar-refractivity contribution in [1.29, 1.82) is 0 Å². The highest BCUT2D eigenvalue weighted by atomic mass is 16.7. The third kappa shape index (κ3) is 4.37. The predicted molar refractivity (Wildman–Crippen MR) is 63.3 cm³/mol. The van der Waals surface area contributed by atoms with Gasteiger partial charge in [-0.25, -0.2) is 0 Å². The fourth-order valence-corrected chi connectivity index (χ4v) is 2.16. The van der Waals surface area contributed by atoms with Crippen LogP contribution in [0.5, 0.6) is 0 Å². The average molecular weight is 231 g/mol. The molecule has 1 rings (SSSR count). The van der Waals surface area contributed by atoms with E-state index in [0.29, 0.717) is 19.1 Å². The van der Waals surface area contributed by atoms with Crippen molar-refractivity contribution in [2.24, 2.45) is 5.92 Å². The summed E-state index contributed by atoms with van der Waals surface area (Å²) in [4.78, 5) is 2.31. The van der Waals surface area contributed by atoms with Gasteiger partial charge in [0.15, 0.2) is 6.29 Å². The van der Waals surface area contributed by atoms with Gasteiger partial charge in [0.1, 0.15) is 0 Å². The topological polar surface area (TPSA) is 41.9 Å². The van der Waals surface area contributed by atoms with Gasteiger partial charge in [0, 0.05) is 26.3 Å². The molecule has 0 aromatic heterocycles. The smallest absolute Gasteiger partial charge is 0.170 e. The van der Waals surface area contributed by atoms with Crippen LogP contribution in [0.1, 0.15) is 27.2 Å². The molecule has 0 amide bonds. The zero-order chi connectivity index (χ0) is 12.0. The number of likely N-dealkylation sites (tertiary alicyclic amines) is 1. The van der Waals surface area contributed by atoms with Crippen LogP contribution in [-0.2, 0) is 9.47 Å². The Labute approximate surface area is 98.5 Å². The molecule has 96 valence electrons. The lowest BCUT2D eigenvalue weighted by Gasteiger charge is -2.23. The number of aliphatic hydroxyl groups excluding tert-OH is 1. The minimum Gasteiger partial charge on any atom is -0.393 e. The molecule has 1 N–H and O–H groups in total. The largest absolute Gasteiger partial charge is 0.393 e. The molecule has 0 spiro atoms. The molecule has 1 heterocycles. The fraction of sp³-hybridized carbons (Fsp3) is 1.00. The van der Waals surface area contributed by atoms with Crippen molar-refractivity contribution in [3.8, 4) is 0 Å². The Kier molecular flexibility index (Phi) is 6.28. The van der Waals surface area contributed by atoms with Gasteiger partial charge in [-0.05, 0) is 39.7 Å². The van der Waals surface area contributed by atoms with E-state index in [2.05, 4.69) is 4.90 Å². The average Bonchev–Trinajstić information content (AvgIpc) is 2.67. The highest BCUT2D eigenvalue weighted by Gasteiger charge is 2.27. The molecule has 0 aromatic rings. The van der Waals surface area contributed by atoms with Crippen molar-refractivity contribution in [3.05, 3.63) is 0 Å². The first-order valence-corrected chi connectivity index (χ1v) is 6.31. The Hall–Kier alpha value is -0.160. The van der Waals surface area contributed by atoms with E-state index in [1.807, 2.05) is 20.8 Å². The lowest BCUT2D eigenvalue weighted by molar-refractivity contribution is -0.145. The van der Waals surface area contributed by atoms with Crippen molar-refractivity contribution >= 4 is 0 Å². The van der Waals surface area contributed by atoms with Gasteiger partial charge in [0.05, 0.1) is 6.10 Å². The van der Waals surface area contributed by atoms with E-state index in [4.69, 9.17) is 9.47 Å². The monoisotopic (exact) mass is 231 g/mol. The van der Waals surface area contributed by atoms with Gasteiger partial charge >= 0.3 is 0 Å². The molecular weight excluding hydrogens is 206 g/mol. The van der Waals surface area contributed by atoms with Crippen LogP contribution < -0.4 is 0 Å². The molecule has 0 bridgehead atoms. The van der Waals surface area contributed by atoms with Crippen molar-refractivity contribution in [2.45, 2.75) is 39.6 Å². The number of nitrogens with zero attached hydrogens (tertiary/aromatic N) is 1. The summed E-state index contributed by atoms with van der Waals surface area (Å²) >= 11 is 0. The Morgan fingerprint density at radius 2 is 1.94 bits per heavy atom. The molecule has 0 radical (unpaired) electrons. The first-order valence-electron chi connectivity index (χ1n) is 6.31. The first-order chi connectivity index (χ1) is 7.67. The SMILES string of the molecule is CCOC(CN1CCC(C(C)O)C1)OCC. The molecule has 2 unspecified atom stereocenters. The molecule has 1 fully saturated rings. The number of aliphatic hydroxyl groups is 1. The molecule has 1 saturated heterocycles. The summed E-state index contributed by atoms with van der Waals surface area (Å²) in [5.41, 5.74) is 0. The van der Waals surface area contributed by atoms with Crippen LogP contribution in [0.25, 0.3) is 0 Å². The minimum absolute atomic E-state index is 0.122. The van der Waals surface area contributed by atoms with Crippen LogP contribution in [-0.4, -0.2) is 55.2 Å². The van der Waals surface area contributed by atoms with Crippen LogP contribution in [0.4, 0.5) is 0 Å². The summed E-state index contributed by atoms with van der Waals surface area (Å²) in [6.45, 7) is 9.99. The molecule has 0 aliphatic carbocycles. The third-order valence-electron chi connectivity index (χ3n) is 3.10. The van der Waals surface area contributed by atoms with Gasteiger partial charge in [0.2, 0.25) is 0 Å². The normalized spacial score (nSPS) is 24.2. The van der Waals surface area contributed by atoms with Crippen LogP contribution >= 0.6 is 0 Å². The summed E-state index contributed by atoms with van der Waals surface area (Å²) in [5.74, 6) is 0.406. The van der Waals surface area contributed by atoms with Crippen LogP contribution in [0, 0.1) is 5.92 Å². The first kappa shape index (κ1) is 13.9. The summed E-state index contributed by atoms with van der Waals surface area (Å²) in [7, 11) is 0. The highest BCUT2D eigenvalue weighted by Crippen LogP contribution is 2.20. The molecule has 1 aliphatic rings. The lowest BCUT2D eigenvalue weighted by atomic mass is 10.0. The molecule has 0 aromatic carbocycles. The van der Waals surface area contributed by atoms with E-state index in [0.717, 1.165) is 26.1 Å². The zero-order valence-corrected chi connectivity index (χ0v) is 10.7. The number of ether oxygens (including phenoxy) is 2. The standard InChI is InChI=1S/C12H25NO3/c1-4-15-12(16-5-2)9-13-7-6-11(8-13)10(3)14/h10-12,14H,4-9H2,1-3H3. The second-order valence-electron chi connectivity index (χ2n) is 4.39. The summed E-state index contributed by atoms with van der Waals surface area (Å²) in [5, 5.41) is 9.52. The van der Waals surface area contributed by atoms with E-state index in [-0.39, 0.29) is 12.4 Å². The quantitative estimate of drug-likeness (QED) is 0.666. The third-order valence-corrected chi connectivity index (χ3v) is 3.10. The van der Waals surface area contributed by atoms with Crippen LogP contribution in [0.2, 0.25) is 0 Å². The molecule has 0 saturated carbocycles. The van der Waals surface area contributed by atoms with Crippen LogP contribution in [0.3, 0.4) is 0 Å².